The zero-order valence-corrected chi connectivity index (χ0v) is 11.8. The van der Waals surface area contributed by atoms with Crippen molar-refractivity contribution < 1.29 is 4.74 Å². The topological polar surface area (TPSA) is 21.3 Å². The minimum atomic E-state index is 0.594. The van der Waals surface area contributed by atoms with Crippen molar-refractivity contribution in [2.75, 3.05) is 19.8 Å². The summed E-state index contributed by atoms with van der Waals surface area (Å²) in [6, 6.07) is 0.757. The Labute approximate surface area is 107 Å². The molecule has 2 aliphatic rings. The second-order valence-electron chi connectivity index (χ2n) is 6.65. The highest BCUT2D eigenvalue weighted by Crippen LogP contribution is 2.54. The summed E-state index contributed by atoms with van der Waals surface area (Å²) in [4.78, 5) is 0. The summed E-state index contributed by atoms with van der Waals surface area (Å²) in [6.45, 7) is 10.3. The highest BCUT2D eigenvalue weighted by Gasteiger charge is 2.50. The van der Waals surface area contributed by atoms with Crippen molar-refractivity contribution in [1.82, 2.24) is 5.32 Å². The van der Waals surface area contributed by atoms with E-state index >= 15 is 0 Å². The van der Waals surface area contributed by atoms with Crippen LogP contribution in [0.25, 0.3) is 0 Å². The molecular weight excluding hydrogens is 210 g/mol. The fourth-order valence-corrected chi connectivity index (χ4v) is 3.26. The molecule has 100 valence electrons. The van der Waals surface area contributed by atoms with E-state index in [0.29, 0.717) is 5.41 Å². The fourth-order valence-electron chi connectivity index (χ4n) is 3.26. The van der Waals surface area contributed by atoms with Crippen molar-refractivity contribution in [3.8, 4) is 0 Å². The van der Waals surface area contributed by atoms with E-state index in [0.717, 1.165) is 31.1 Å². The third-order valence-corrected chi connectivity index (χ3v) is 4.66. The smallest absolute Gasteiger partial charge is 0.0468 e. The maximum Gasteiger partial charge on any atom is 0.0468 e. The lowest BCUT2D eigenvalue weighted by Gasteiger charge is -2.28. The van der Waals surface area contributed by atoms with Gasteiger partial charge in [-0.3, -0.25) is 0 Å². The van der Waals surface area contributed by atoms with Crippen molar-refractivity contribution in [3.63, 3.8) is 0 Å². The summed E-state index contributed by atoms with van der Waals surface area (Å²) in [5.74, 6) is 1.81. The average Bonchev–Trinajstić information content (AvgIpc) is 2.95. The molecule has 0 radical (unpaired) electrons. The van der Waals surface area contributed by atoms with Crippen LogP contribution >= 0.6 is 0 Å². The molecule has 2 rings (SSSR count). The van der Waals surface area contributed by atoms with Crippen LogP contribution in [0.15, 0.2) is 0 Å². The summed E-state index contributed by atoms with van der Waals surface area (Å²) in [5, 5.41) is 3.79. The van der Waals surface area contributed by atoms with Crippen LogP contribution in [0.1, 0.15) is 52.9 Å². The zero-order chi connectivity index (χ0) is 12.3. The summed E-state index contributed by atoms with van der Waals surface area (Å²) in [7, 11) is 0. The lowest BCUT2D eigenvalue weighted by molar-refractivity contribution is 0.0591. The molecule has 1 saturated heterocycles. The van der Waals surface area contributed by atoms with Gasteiger partial charge in [0.25, 0.3) is 0 Å². The normalized spacial score (nSPS) is 30.2. The Hall–Kier alpha value is -0.0800. The minimum Gasteiger partial charge on any atom is -0.381 e. The molecule has 0 aromatic heterocycles. The second-order valence-corrected chi connectivity index (χ2v) is 6.65. The zero-order valence-electron chi connectivity index (χ0n) is 11.8. The first-order chi connectivity index (χ1) is 8.13. The van der Waals surface area contributed by atoms with Gasteiger partial charge in [-0.25, -0.2) is 0 Å². The Balaban J connectivity index is 1.82. The maximum atomic E-state index is 5.46. The predicted molar refractivity (Wildman–Crippen MR) is 72.1 cm³/mol. The van der Waals surface area contributed by atoms with Crippen LogP contribution < -0.4 is 5.32 Å². The first-order valence-electron chi connectivity index (χ1n) is 7.44. The molecule has 2 atom stereocenters. The van der Waals surface area contributed by atoms with Crippen molar-refractivity contribution in [1.29, 1.82) is 0 Å². The van der Waals surface area contributed by atoms with Crippen molar-refractivity contribution in [3.05, 3.63) is 0 Å². The van der Waals surface area contributed by atoms with Crippen LogP contribution in [0.3, 0.4) is 0 Å². The molecule has 1 N–H and O–H groups in total. The molecule has 0 aromatic carbocycles. The Morgan fingerprint density at radius 1 is 1.29 bits per heavy atom. The number of ether oxygens (including phenoxy) is 1. The van der Waals surface area contributed by atoms with Gasteiger partial charge in [-0.2, -0.15) is 0 Å². The average molecular weight is 239 g/mol. The molecule has 1 heterocycles. The quantitative estimate of drug-likeness (QED) is 0.768. The molecule has 17 heavy (non-hydrogen) atoms. The molecule has 2 nitrogen and oxygen atoms in total. The van der Waals surface area contributed by atoms with Gasteiger partial charge in [-0.05, 0) is 55.9 Å². The lowest BCUT2D eigenvalue weighted by Crippen LogP contribution is -2.36. The Morgan fingerprint density at radius 3 is 2.47 bits per heavy atom. The molecule has 1 saturated carbocycles. The van der Waals surface area contributed by atoms with E-state index < -0.39 is 0 Å². The highest BCUT2D eigenvalue weighted by molar-refractivity contribution is 5.02. The lowest BCUT2D eigenvalue weighted by atomic mass is 9.89. The monoisotopic (exact) mass is 239 g/mol. The SMILES string of the molecule is CCCNC(CC1CCOCC1)C1CC1(C)C. The van der Waals surface area contributed by atoms with Gasteiger partial charge in [0.1, 0.15) is 0 Å². The minimum absolute atomic E-state index is 0.594. The fraction of sp³-hybridized carbons (Fsp3) is 1.00. The standard InChI is InChI=1S/C15H29NO/c1-4-7-16-14(13-11-15(13,2)3)10-12-5-8-17-9-6-12/h12-14,16H,4-11H2,1-3H3. The van der Waals surface area contributed by atoms with Gasteiger partial charge in [-0.15, -0.1) is 0 Å². The molecule has 2 heteroatoms. The van der Waals surface area contributed by atoms with Gasteiger partial charge in [0, 0.05) is 19.3 Å². The summed E-state index contributed by atoms with van der Waals surface area (Å²) >= 11 is 0. The van der Waals surface area contributed by atoms with Crippen LogP contribution in [-0.2, 0) is 4.74 Å². The third-order valence-electron chi connectivity index (χ3n) is 4.66. The van der Waals surface area contributed by atoms with Crippen LogP contribution in [0.2, 0.25) is 0 Å². The molecule has 0 amide bonds. The van der Waals surface area contributed by atoms with Crippen LogP contribution in [-0.4, -0.2) is 25.8 Å². The summed E-state index contributed by atoms with van der Waals surface area (Å²) < 4.78 is 5.46. The van der Waals surface area contributed by atoms with Crippen molar-refractivity contribution in [2.24, 2.45) is 17.3 Å². The van der Waals surface area contributed by atoms with Crippen LogP contribution in [0, 0.1) is 17.3 Å². The van der Waals surface area contributed by atoms with E-state index in [1.54, 1.807) is 0 Å². The van der Waals surface area contributed by atoms with E-state index in [-0.39, 0.29) is 0 Å². The largest absolute Gasteiger partial charge is 0.381 e. The van der Waals surface area contributed by atoms with E-state index in [9.17, 15) is 0 Å². The van der Waals surface area contributed by atoms with Gasteiger partial charge in [-0.1, -0.05) is 20.8 Å². The van der Waals surface area contributed by atoms with Gasteiger partial charge in [0.15, 0.2) is 0 Å². The number of nitrogens with one attached hydrogen (secondary N) is 1. The number of hydrogen-bond acceptors (Lipinski definition) is 2. The van der Waals surface area contributed by atoms with Crippen molar-refractivity contribution >= 4 is 0 Å². The van der Waals surface area contributed by atoms with Gasteiger partial charge in [0.2, 0.25) is 0 Å². The first-order valence-corrected chi connectivity index (χ1v) is 7.44. The Morgan fingerprint density at radius 2 is 1.94 bits per heavy atom. The molecule has 0 bridgehead atoms. The molecular formula is C15H29NO. The molecule has 1 aliphatic heterocycles. The number of rotatable bonds is 6. The molecule has 2 unspecified atom stereocenters. The van der Waals surface area contributed by atoms with Gasteiger partial charge in [0.05, 0.1) is 0 Å². The molecule has 2 fully saturated rings. The maximum absolute atomic E-state index is 5.46. The molecule has 0 spiro atoms. The van der Waals surface area contributed by atoms with Gasteiger partial charge < -0.3 is 10.1 Å². The van der Waals surface area contributed by atoms with E-state index in [1.807, 2.05) is 0 Å². The first kappa shape index (κ1) is 13.4. The summed E-state index contributed by atoms with van der Waals surface area (Å²) in [6.07, 6.45) is 6.58. The Kier molecular flexibility index (Phi) is 4.48. The number of hydrogen-bond donors (Lipinski definition) is 1. The molecule has 1 aliphatic carbocycles. The van der Waals surface area contributed by atoms with Crippen molar-refractivity contribution in [2.45, 2.75) is 58.9 Å². The van der Waals surface area contributed by atoms with E-state index in [2.05, 4.69) is 26.1 Å². The van der Waals surface area contributed by atoms with Crippen LogP contribution in [0.4, 0.5) is 0 Å². The van der Waals surface area contributed by atoms with Gasteiger partial charge >= 0.3 is 0 Å². The van der Waals surface area contributed by atoms with E-state index in [1.165, 1.54) is 38.6 Å². The molecule has 0 aromatic rings. The predicted octanol–water partition coefficient (Wildman–Crippen LogP) is 3.22. The second kappa shape index (κ2) is 5.71. The van der Waals surface area contributed by atoms with Crippen LogP contribution in [0.5, 0.6) is 0 Å². The Bertz CT molecular complexity index is 233. The van der Waals surface area contributed by atoms with E-state index in [4.69, 9.17) is 4.74 Å². The highest BCUT2D eigenvalue weighted by atomic mass is 16.5. The summed E-state index contributed by atoms with van der Waals surface area (Å²) in [5.41, 5.74) is 0.594. The third kappa shape index (κ3) is 3.69.